The van der Waals surface area contributed by atoms with E-state index in [1.807, 2.05) is 19.9 Å². The van der Waals surface area contributed by atoms with Gasteiger partial charge in [-0.25, -0.2) is 9.97 Å². The van der Waals surface area contributed by atoms with Gasteiger partial charge in [0.25, 0.3) is 0 Å². The number of nitrogens with two attached hydrogens (primary N) is 1. The van der Waals surface area contributed by atoms with Gasteiger partial charge in [0.2, 0.25) is 0 Å². The molecule has 2 unspecified atom stereocenters. The number of hydrogen-bond acceptors (Lipinski definition) is 5. The minimum absolute atomic E-state index is 0.173. The second-order valence-corrected chi connectivity index (χ2v) is 5.52. The zero-order valence-electron chi connectivity index (χ0n) is 10.3. The molecule has 94 valence electrons. The van der Waals surface area contributed by atoms with E-state index in [-0.39, 0.29) is 6.04 Å². The van der Waals surface area contributed by atoms with Crippen molar-refractivity contribution in [3.05, 3.63) is 17.5 Å². The third kappa shape index (κ3) is 3.66. The van der Waals surface area contributed by atoms with Gasteiger partial charge in [-0.3, -0.25) is 0 Å². The van der Waals surface area contributed by atoms with E-state index in [0.717, 1.165) is 41.9 Å². The fourth-order valence-electron chi connectivity index (χ4n) is 1.96. The molecule has 1 aliphatic heterocycles. The molecule has 2 rings (SSSR count). The number of ether oxygens (including phenoxy) is 1. The molecule has 1 saturated heterocycles. The maximum Gasteiger partial charge on any atom is 0.188 e. The lowest BCUT2D eigenvalue weighted by Gasteiger charge is -2.16. The minimum atomic E-state index is 0.173. The predicted molar refractivity (Wildman–Crippen MR) is 69.1 cm³/mol. The summed E-state index contributed by atoms with van der Waals surface area (Å²) in [6.45, 7) is 5.63. The second-order valence-electron chi connectivity index (χ2n) is 4.53. The summed E-state index contributed by atoms with van der Waals surface area (Å²) >= 11 is 1.64. The number of rotatable bonds is 4. The van der Waals surface area contributed by atoms with Gasteiger partial charge in [0, 0.05) is 35.7 Å². The van der Waals surface area contributed by atoms with E-state index in [9.17, 15) is 0 Å². The number of hydrogen-bond donors (Lipinski definition) is 1. The van der Waals surface area contributed by atoms with Crippen molar-refractivity contribution >= 4 is 11.8 Å². The van der Waals surface area contributed by atoms with E-state index >= 15 is 0 Å². The van der Waals surface area contributed by atoms with Gasteiger partial charge >= 0.3 is 0 Å². The van der Waals surface area contributed by atoms with Gasteiger partial charge in [0.05, 0.1) is 6.61 Å². The van der Waals surface area contributed by atoms with E-state index in [0.29, 0.717) is 5.92 Å². The molecule has 1 aromatic heterocycles. The summed E-state index contributed by atoms with van der Waals surface area (Å²) in [5.74, 6) is 1.35. The number of aromatic nitrogens is 2. The minimum Gasteiger partial charge on any atom is -0.381 e. The van der Waals surface area contributed by atoms with Crippen LogP contribution in [0.5, 0.6) is 0 Å². The molecule has 1 fully saturated rings. The quantitative estimate of drug-likeness (QED) is 0.651. The maximum atomic E-state index is 6.15. The Balaban J connectivity index is 1.88. The Bertz CT molecular complexity index is 360. The number of thioether (sulfide) groups is 1. The molecule has 4 nitrogen and oxygen atoms in total. The highest BCUT2D eigenvalue weighted by molar-refractivity contribution is 7.99. The number of aryl methyl sites for hydroxylation is 2. The van der Waals surface area contributed by atoms with Crippen LogP contribution in [0, 0.1) is 19.8 Å². The maximum absolute atomic E-state index is 6.15. The van der Waals surface area contributed by atoms with Crippen LogP contribution in [0.4, 0.5) is 0 Å². The predicted octanol–water partition coefficient (Wildman–Crippen LogP) is 1.55. The van der Waals surface area contributed by atoms with Crippen LogP contribution in [0.3, 0.4) is 0 Å². The zero-order chi connectivity index (χ0) is 12.3. The van der Waals surface area contributed by atoms with Gasteiger partial charge < -0.3 is 10.5 Å². The van der Waals surface area contributed by atoms with Crippen LogP contribution in [0.15, 0.2) is 11.2 Å². The van der Waals surface area contributed by atoms with E-state index in [2.05, 4.69) is 9.97 Å². The van der Waals surface area contributed by atoms with E-state index < -0.39 is 0 Å². The van der Waals surface area contributed by atoms with Gasteiger partial charge in [-0.05, 0) is 26.3 Å². The molecule has 5 heteroatoms. The lowest BCUT2D eigenvalue weighted by molar-refractivity contribution is 0.182. The molecule has 0 amide bonds. The van der Waals surface area contributed by atoms with Gasteiger partial charge in [0.1, 0.15) is 0 Å². The van der Waals surface area contributed by atoms with Crippen molar-refractivity contribution in [1.82, 2.24) is 9.97 Å². The largest absolute Gasteiger partial charge is 0.381 e. The first-order chi connectivity index (χ1) is 8.15. The van der Waals surface area contributed by atoms with Crippen LogP contribution >= 0.6 is 11.8 Å². The molecule has 1 aromatic rings. The first-order valence-corrected chi connectivity index (χ1v) is 6.92. The summed E-state index contributed by atoms with van der Waals surface area (Å²) in [4.78, 5) is 8.80. The van der Waals surface area contributed by atoms with Crippen molar-refractivity contribution in [3.8, 4) is 0 Å². The van der Waals surface area contributed by atoms with Crippen molar-refractivity contribution in [3.63, 3.8) is 0 Å². The first-order valence-electron chi connectivity index (χ1n) is 5.93. The highest BCUT2D eigenvalue weighted by atomic mass is 32.2. The van der Waals surface area contributed by atoms with Crippen LogP contribution in [0.25, 0.3) is 0 Å². The van der Waals surface area contributed by atoms with Crippen molar-refractivity contribution in [1.29, 1.82) is 0 Å². The molecule has 0 saturated carbocycles. The van der Waals surface area contributed by atoms with Gasteiger partial charge in [0.15, 0.2) is 5.16 Å². The molecule has 17 heavy (non-hydrogen) atoms. The normalized spacial score (nSPS) is 21.7. The number of nitrogens with zero attached hydrogens (tertiary/aromatic N) is 2. The standard InChI is InChI=1S/C12H19N3OS/c1-8-5-9(2)15-12(14-8)17-7-11(13)10-3-4-16-6-10/h5,10-11H,3-4,6-7,13H2,1-2H3. The summed E-state index contributed by atoms with van der Waals surface area (Å²) in [5.41, 5.74) is 8.17. The molecule has 0 bridgehead atoms. The Kier molecular flexibility index (Phi) is 4.36. The second kappa shape index (κ2) is 5.80. The summed E-state index contributed by atoms with van der Waals surface area (Å²) in [7, 11) is 0. The van der Waals surface area contributed by atoms with Crippen LogP contribution < -0.4 is 5.73 Å². The lowest BCUT2D eigenvalue weighted by Crippen LogP contribution is -2.32. The Hall–Kier alpha value is -0.650. The van der Waals surface area contributed by atoms with Crippen LogP contribution in [0.1, 0.15) is 17.8 Å². The van der Waals surface area contributed by atoms with Crippen LogP contribution in [-0.2, 0) is 4.74 Å². The summed E-state index contributed by atoms with van der Waals surface area (Å²) in [6, 6.07) is 2.15. The molecule has 0 aromatic carbocycles. The third-order valence-corrected chi connectivity index (χ3v) is 3.93. The van der Waals surface area contributed by atoms with Crippen LogP contribution in [0.2, 0.25) is 0 Å². The zero-order valence-corrected chi connectivity index (χ0v) is 11.2. The van der Waals surface area contributed by atoms with Gasteiger partial charge in [-0.15, -0.1) is 0 Å². The third-order valence-electron chi connectivity index (χ3n) is 2.94. The van der Waals surface area contributed by atoms with Crippen molar-refractivity contribution in [2.24, 2.45) is 11.7 Å². The highest BCUT2D eigenvalue weighted by Crippen LogP contribution is 2.21. The SMILES string of the molecule is Cc1cc(C)nc(SCC(N)C2CCOC2)n1. The monoisotopic (exact) mass is 253 g/mol. The molecule has 2 heterocycles. The Morgan fingerprint density at radius 2 is 2.18 bits per heavy atom. The first kappa shape index (κ1) is 12.8. The average molecular weight is 253 g/mol. The molecule has 2 N–H and O–H groups in total. The van der Waals surface area contributed by atoms with Gasteiger partial charge in [-0.2, -0.15) is 0 Å². The molecular weight excluding hydrogens is 234 g/mol. The van der Waals surface area contributed by atoms with Gasteiger partial charge in [-0.1, -0.05) is 11.8 Å². The highest BCUT2D eigenvalue weighted by Gasteiger charge is 2.22. The lowest BCUT2D eigenvalue weighted by atomic mass is 10.0. The van der Waals surface area contributed by atoms with Crippen LogP contribution in [-0.4, -0.2) is 35.0 Å². The molecule has 0 aliphatic carbocycles. The average Bonchev–Trinajstić information content (AvgIpc) is 2.78. The Labute approximate surface area is 106 Å². The molecular formula is C12H19N3OS. The Morgan fingerprint density at radius 1 is 1.47 bits per heavy atom. The van der Waals surface area contributed by atoms with Crippen molar-refractivity contribution in [2.45, 2.75) is 31.5 Å². The fraction of sp³-hybridized carbons (Fsp3) is 0.667. The molecule has 0 spiro atoms. The summed E-state index contributed by atoms with van der Waals surface area (Å²) in [6.07, 6.45) is 1.08. The van der Waals surface area contributed by atoms with E-state index in [1.54, 1.807) is 11.8 Å². The van der Waals surface area contributed by atoms with E-state index in [4.69, 9.17) is 10.5 Å². The summed E-state index contributed by atoms with van der Waals surface area (Å²) in [5, 5.41) is 0.830. The Morgan fingerprint density at radius 3 is 2.76 bits per heavy atom. The smallest absolute Gasteiger partial charge is 0.188 e. The van der Waals surface area contributed by atoms with Crippen molar-refractivity contribution < 1.29 is 4.74 Å². The fourth-order valence-corrected chi connectivity index (χ4v) is 2.99. The van der Waals surface area contributed by atoms with Crippen molar-refractivity contribution in [2.75, 3.05) is 19.0 Å². The molecule has 0 radical (unpaired) electrons. The molecule has 2 atom stereocenters. The molecule has 1 aliphatic rings. The van der Waals surface area contributed by atoms with E-state index in [1.165, 1.54) is 0 Å². The summed E-state index contributed by atoms with van der Waals surface area (Å²) < 4.78 is 5.35. The topological polar surface area (TPSA) is 61.0 Å².